The van der Waals surface area contributed by atoms with Gasteiger partial charge in [0.2, 0.25) is 11.2 Å². The summed E-state index contributed by atoms with van der Waals surface area (Å²) in [4.78, 5) is 28.4. The van der Waals surface area contributed by atoms with Crippen LogP contribution < -0.4 is 5.43 Å². The molecule has 0 aliphatic rings. The van der Waals surface area contributed by atoms with E-state index in [4.69, 9.17) is 9.15 Å². The third kappa shape index (κ3) is 3.98. The highest BCUT2D eigenvalue weighted by Gasteiger charge is 2.27. The maximum atomic E-state index is 12.1. The van der Waals surface area contributed by atoms with Crippen LogP contribution in [0.3, 0.4) is 0 Å². The molecule has 0 radical (unpaired) electrons. The van der Waals surface area contributed by atoms with Crippen molar-refractivity contribution in [2.24, 2.45) is 0 Å². The molecule has 27 heavy (non-hydrogen) atoms. The number of carbonyl (C=O) groups excluding carboxylic acids is 1. The molecule has 2 aromatic heterocycles. The first-order chi connectivity index (χ1) is 13.0. The van der Waals surface area contributed by atoms with E-state index >= 15 is 0 Å². The Kier molecular flexibility index (Phi) is 5.52. The van der Waals surface area contributed by atoms with Crippen LogP contribution in [0.2, 0.25) is 0 Å². The van der Waals surface area contributed by atoms with Gasteiger partial charge in [-0.05, 0) is 30.7 Å². The van der Waals surface area contributed by atoms with Crippen LogP contribution in [0.1, 0.15) is 36.3 Å². The summed E-state index contributed by atoms with van der Waals surface area (Å²) < 4.78 is 10.5. The van der Waals surface area contributed by atoms with E-state index in [1.807, 2.05) is 12.1 Å². The average molecular weight is 369 g/mol. The average Bonchev–Trinajstić information content (AvgIpc) is 2.68. The molecule has 7 nitrogen and oxygen atoms in total. The molecule has 0 unspecified atom stereocenters. The number of carbonyl (C=O) groups is 1. The number of pyridine rings is 1. The Bertz CT molecular complexity index is 1030. The Morgan fingerprint density at radius 2 is 2.11 bits per heavy atom. The number of ether oxygens (including phenoxy) is 1. The molecule has 3 rings (SSSR count). The highest BCUT2D eigenvalue weighted by molar-refractivity contribution is 5.80. The molecule has 3 aromatic rings. The largest absolute Gasteiger partial charge is 0.502 e. The summed E-state index contributed by atoms with van der Waals surface area (Å²) in [5.74, 6) is -1.92. The van der Waals surface area contributed by atoms with Gasteiger partial charge in [0.05, 0.1) is 24.5 Å². The van der Waals surface area contributed by atoms with Gasteiger partial charge in [0.1, 0.15) is 12.4 Å². The Morgan fingerprint density at radius 3 is 2.85 bits per heavy atom. The minimum atomic E-state index is -0.757. The zero-order valence-electron chi connectivity index (χ0n) is 14.7. The van der Waals surface area contributed by atoms with Crippen LogP contribution in [0.5, 0.6) is 5.75 Å². The fraction of sp³-hybridized carbons (Fsp3) is 0.250. The van der Waals surface area contributed by atoms with Gasteiger partial charge in [-0.25, -0.2) is 0 Å². The molecular formula is C20H19NO6. The number of hydrogen-bond donors (Lipinski definition) is 2. The highest BCUT2D eigenvalue weighted by atomic mass is 16.5. The standard InChI is InChI=1S/C20H19NO6/c1-2-26-18(24)10-15(20-19(25)17(23)9-14(11-22)27-20)12-5-6-16-13(8-12)4-3-7-21-16/h3-9,15,22,25H,2,10-11H2,1H3/t15-/m0/s1. The molecule has 2 heterocycles. The zero-order chi connectivity index (χ0) is 19.4. The maximum absolute atomic E-state index is 12.1. The quantitative estimate of drug-likeness (QED) is 0.642. The monoisotopic (exact) mass is 369 g/mol. The van der Waals surface area contributed by atoms with Crippen molar-refractivity contribution >= 4 is 16.9 Å². The van der Waals surface area contributed by atoms with Gasteiger partial charge >= 0.3 is 5.97 Å². The smallest absolute Gasteiger partial charge is 0.306 e. The van der Waals surface area contributed by atoms with E-state index in [1.54, 1.807) is 31.3 Å². The van der Waals surface area contributed by atoms with Gasteiger partial charge in [-0.1, -0.05) is 12.1 Å². The first-order valence-electron chi connectivity index (χ1n) is 8.50. The van der Waals surface area contributed by atoms with Gasteiger partial charge in [-0.15, -0.1) is 0 Å². The molecule has 2 N–H and O–H groups in total. The second kappa shape index (κ2) is 8.01. The Balaban J connectivity index is 2.14. The van der Waals surface area contributed by atoms with E-state index in [0.29, 0.717) is 5.56 Å². The minimum Gasteiger partial charge on any atom is -0.502 e. The molecule has 140 valence electrons. The minimum absolute atomic E-state index is 0.00381. The first kappa shape index (κ1) is 18.6. The van der Waals surface area contributed by atoms with Crippen molar-refractivity contribution in [1.29, 1.82) is 0 Å². The maximum Gasteiger partial charge on any atom is 0.306 e. The summed E-state index contributed by atoms with van der Waals surface area (Å²) in [7, 11) is 0. The van der Waals surface area contributed by atoms with Crippen molar-refractivity contribution in [1.82, 2.24) is 4.98 Å². The lowest BCUT2D eigenvalue weighted by molar-refractivity contribution is -0.143. The summed E-state index contributed by atoms with van der Waals surface area (Å²) in [6, 6.07) is 10.0. The van der Waals surface area contributed by atoms with Gasteiger partial charge < -0.3 is 19.4 Å². The summed E-state index contributed by atoms with van der Waals surface area (Å²) in [5, 5.41) is 20.4. The summed E-state index contributed by atoms with van der Waals surface area (Å²) in [6.45, 7) is 1.40. The van der Waals surface area contributed by atoms with Crippen LogP contribution in [-0.2, 0) is 16.1 Å². The fourth-order valence-electron chi connectivity index (χ4n) is 2.93. The van der Waals surface area contributed by atoms with Crippen LogP contribution in [0.25, 0.3) is 10.9 Å². The van der Waals surface area contributed by atoms with Gasteiger partial charge in [0.15, 0.2) is 5.76 Å². The number of nitrogens with zero attached hydrogens (tertiary/aromatic N) is 1. The molecule has 0 spiro atoms. The number of hydrogen-bond acceptors (Lipinski definition) is 7. The molecule has 0 amide bonds. The van der Waals surface area contributed by atoms with Crippen molar-refractivity contribution in [3.63, 3.8) is 0 Å². The Hall–Kier alpha value is -3.19. The molecule has 1 aromatic carbocycles. The summed E-state index contributed by atoms with van der Waals surface area (Å²) in [6.07, 6.45) is 1.54. The number of aliphatic hydroxyl groups excluding tert-OH is 1. The summed E-state index contributed by atoms with van der Waals surface area (Å²) in [5.41, 5.74) is 0.736. The molecule has 0 aliphatic heterocycles. The Morgan fingerprint density at radius 1 is 1.30 bits per heavy atom. The lowest BCUT2D eigenvalue weighted by Gasteiger charge is -2.18. The predicted octanol–water partition coefficient (Wildman–Crippen LogP) is 2.47. The lowest BCUT2D eigenvalue weighted by atomic mass is 9.91. The van der Waals surface area contributed by atoms with E-state index in [-0.39, 0.29) is 24.5 Å². The van der Waals surface area contributed by atoms with Gasteiger partial charge in [0.25, 0.3) is 0 Å². The van der Waals surface area contributed by atoms with Gasteiger partial charge in [-0.3, -0.25) is 14.6 Å². The van der Waals surface area contributed by atoms with Crippen LogP contribution in [0, 0.1) is 0 Å². The fourth-order valence-corrected chi connectivity index (χ4v) is 2.93. The van der Waals surface area contributed by atoms with Gasteiger partial charge in [-0.2, -0.15) is 0 Å². The molecule has 0 saturated carbocycles. The van der Waals surface area contributed by atoms with Crippen molar-refractivity contribution in [3.8, 4) is 5.75 Å². The van der Waals surface area contributed by atoms with Crippen LogP contribution in [0.4, 0.5) is 0 Å². The predicted molar refractivity (Wildman–Crippen MR) is 97.4 cm³/mol. The molecular weight excluding hydrogens is 350 g/mol. The SMILES string of the molecule is CCOC(=O)C[C@@H](c1ccc2ncccc2c1)c1oc(CO)cc(=O)c1O. The number of aliphatic hydroxyl groups is 1. The molecule has 1 atom stereocenters. The van der Waals surface area contributed by atoms with E-state index in [2.05, 4.69) is 4.98 Å². The molecule has 0 saturated heterocycles. The normalized spacial score (nSPS) is 12.1. The second-order valence-corrected chi connectivity index (χ2v) is 5.97. The first-order valence-corrected chi connectivity index (χ1v) is 8.50. The number of fused-ring (bicyclic) bond motifs is 1. The van der Waals surface area contributed by atoms with E-state index in [1.165, 1.54) is 0 Å². The molecule has 0 bridgehead atoms. The molecule has 0 aliphatic carbocycles. The van der Waals surface area contributed by atoms with Crippen molar-refractivity contribution in [3.05, 3.63) is 69.9 Å². The highest BCUT2D eigenvalue weighted by Crippen LogP contribution is 2.34. The molecule has 7 heteroatoms. The van der Waals surface area contributed by atoms with E-state index in [9.17, 15) is 19.8 Å². The topological polar surface area (TPSA) is 110 Å². The summed E-state index contributed by atoms with van der Waals surface area (Å²) >= 11 is 0. The van der Waals surface area contributed by atoms with E-state index in [0.717, 1.165) is 17.0 Å². The van der Waals surface area contributed by atoms with Crippen LogP contribution >= 0.6 is 0 Å². The lowest BCUT2D eigenvalue weighted by Crippen LogP contribution is -2.15. The van der Waals surface area contributed by atoms with E-state index < -0.39 is 29.7 Å². The number of aromatic nitrogens is 1. The number of aromatic hydroxyl groups is 1. The number of esters is 1. The third-order valence-electron chi connectivity index (χ3n) is 4.18. The van der Waals surface area contributed by atoms with Crippen LogP contribution in [-0.4, -0.2) is 27.8 Å². The van der Waals surface area contributed by atoms with Crippen molar-refractivity contribution in [2.75, 3.05) is 6.61 Å². The van der Waals surface area contributed by atoms with Crippen molar-refractivity contribution in [2.45, 2.75) is 25.9 Å². The van der Waals surface area contributed by atoms with Gasteiger partial charge in [0, 0.05) is 17.6 Å². The number of rotatable bonds is 6. The van der Waals surface area contributed by atoms with Crippen LogP contribution in [0.15, 0.2) is 51.8 Å². The molecule has 0 fully saturated rings. The van der Waals surface area contributed by atoms with Crippen molar-refractivity contribution < 1.29 is 24.2 Å². The number of benzene rings is 1. The third-order valence-corrected chi connectivity index (χ3v) is 4.18. The second-order valence-electron chi connectivity index (χ2n) is 5.97. The Labute approximate surface area is 154 Å². The zero-order valence-corrected chi connectivity index (χ0v) is 14.7.